The second-order valence-electron chi connectivity index (χ2n) is 6.13. The predicted molar refractivity (Wildman–Crippen MR) is 82.5 cm³/mol. The molecule has 6 heteroatoms. The summed E-state index contributed by atoms with van der Waals surface area (Å²) in [6.45, 7) is 9.54. The number of hydrogen-bond donors (Lipinski definition) is 4. The van der Waals surface area contributed by atoms with Crippen LogP contribution < -0.4 is 16.6 Å². The topological polar surface area (TPSA) is 96.1 Å². The molecular weight excluding hydrogens is 254 g/mol. The molecule has 0 aliphatic rings. The van der Waals surface area contributed by atoms with Crippen LogP contribution in [-0.4, -0.2) is 28.2 Å². The summed E-state index contributed by atoms with van der Waals surface area (Å²) in [5.74, 6) is 7.26. The zero-order chi connectivity index (χ0) is 15.2. The number of hydrogen-bond acceptors (Lipinski definition) is 6. The second-order valence-corrected chi connectivity index (χ2v) is 6.13. The minimum atomic E-state index is 0.0955. The molecule has 6 nitrogen and oxygen atoms in total. The van der Waals surface area contributed by atoms with Crippen molar-refractivity contribution in [2.24, 2.45) is 11.3 Å². The predicted octanol–water partition coefficient (Wildman–Crippen LogP) is 2.10. The average molecular weight is 281 g/mol. The largest absolute Gasteiger partial charge is 0.396 e. The molecule has 0 fully saturated rings. The summed E-state index contributed by atoms with van der Waals surface area (Å²) < 4.78 is 0. The fourth-order valence-corrected chi connectivity index (χ4v) is 2.17. The molecular formula is C14H27N5O. The van der Waals surface area contributed by atoms with Crippen molar-refractivity contribution in [2.45, 2.75) is 46.5 Å². The maximum Gasteiger partial charge on any atom is 0.148 e. The van der Waals surface area contributed by atoms with Gasteiger partial charge in [-0.05, 0) is 24.2 Å². The molecule has 1 heterocycles. The van der Waals surface area contributed by atoms with E-state index in [1.807, 2.05) is 0 Å². The lowest BCUT2D eigenvalue weighted by Gasteiger charge is -2.26. The molecule has 0 atom stereocenters. The van der Waals surface area contributed by atoms with Crippen molar-refractivity contribution in [3.05, 3.63) is 11.9 Å². The molecule has 1 rings (SSSR count). The van der Waals surface area contributed by atoms with Gasteiger partial charge in [0.1, 0.15) is 18.0 Å². The molecule has 0 aliphatic heterocycles. The molecule has 0 unspecified atom stereocenters. The summed E-state index contributed by atoms with van der Waals surface area (Å²) in [5, 5.41) is 12.3. The number of aliphatic hydroxyl groups is 1. The minimum Gasteiger partial charge on any atom is -0.396 e. The van der Waals surface area contributed by atoms with Gasteiger partial charge in [-0.3, -0.25) is 0 Å². The van der Waals surface area contributed by atoms with Gasteiger partial charge >= 0.3 is 0 Å². The van der Waals surface area contributed by atoms with E-state index in [0.29, 0.717) is 5.82 Å². The van der Waals surface area contributed by atoms with Crippen molar-refractivity contribution >= 4 is 11.6 Å². The Kier molecular flexibility index (Phi) is 6.16. The Morgan fingerprint density at radius 2 is 1.95 bits per heavy atom. The monoisotopic (exact) mass is 281 g/mol. The quantitative estimate of drug-likeness (QED) is 0.430. The van der Waals surface area contributed by atoms with Crippen LogP contribution in [-0.2, 0) is 0 Å². The number of nitrogens with zero attached hydrogens (tertiary/aromatic N) is 2. The molecule has 0 amide bonds. The van der Waals surface area contributed by atoms with Crippen molar-refractivity contribution in [2.75, 3.05) is 23.9 Å². The van der Waals surface area contributed by atoms with Gasteiger partial charge in [-0.25, -0.2) is 15.8 Å². The van der Waals surface area contributed by atoms with Crippen molar-refractivity contribution in [1.82, 2.24) is 9.97 Å². The number of hydrazine groups is 1. The lowest BCUT2D eigenvalue weighted by molar-refractivity contribution is 0.248. The first-order chi connectivity index (χ1) is 9.41. The smallest absolute Gasteiger partial charge is 0.148 e. The van der Waals surface area contributed by atoms with Crippen molar-refractivity contribution in [3.8, 4) is 0 Å². The normalized spacial score (nSPS) is 11.8. The number of aromatic nitrogens is 2. The summed E-state index contributed by atoms with van der Waals surface area (Å²) in [7, 11) is 0. The van der Waals surface area contributed by atoms with Gasteiger partial charge in [-0.1, -0.05) is 27.7 Å². The molecule has 5 N–H and O–H groups in total. The Hall–Kier alpha value is -1.40. The summed E-state index contributed by atoms with van der Waals surface area (Å²) >= 11 is 0. The minimum absolute atomic E-state index is 0.0955. The Morgan fingerprint density at radius 3 is 2.50 bits per heavy atom. The number of anilines is 2. The molecule has 0 saturated heterocycles. The van der Waals surface area contributed by atoms with E-state index in [-0.39, 0.29) is 17.9 Å². The van der Waals surface area contributed by atoms with Crippen LogP contribution >= 0.6 is 0 Å². The molecule has 0 radical (unpaired) electrons. The van der Waals surface area contributed by atoms with Crippen LogP contribution in [0.2, 0.25) is 0 Å². The van der Waals surface area contributed by atoms with Gasteiger partial charge in [-0.2, -0.15) is 0 Å². The molecule has 1 aromatic heterocycles. The highest BCUT2D eigenvalue weighted by molar-refractivity contribution is 5.58. The fraction of sp³-hybridized carbons (Fsp3) is 0.714. The number of rotatable bonds is 8. The van der Waals surface area contributed by atoms with Gasteiger partial charge in [0.15, 0.2) is 0 Å². The van der Waals surface area contributed by atoms with Crippen LogP contribution in [0.15, 0.2) is 6.33 Å². The zero-order valence-corrected chi connectivity index (χ0v) is 12.9. The first-order valence-electron chi connectivity index (χ1n) is 7.07. The van der Waals surface area contributed by atoms with E-state index >= 15 is 0 Å². The van der Waals surface area contributed by atoms with Gasteiger partial charge in [0.05, 0.1) is 0 Å². The molecule has 0 bridgehead atoms. The second kappa shape index (κ2) is 7.40. The third kappa shape index (κ3) is 4.61. The maximum absolute atomic E-state index is 8.94. The van der Waals surface area contributed by atoms with Crippen molar-refractivity contribution < 1.29 is 5.11 Å². The van der Waals surface area contributed by atoms with Crippen LogP contribution in [0.3, 0.4) is 0 Å². The van der Waals surface area contributed by atoms with Gasteiger partial charge in [0.2, 0.25) is 0 Å². The molecule has 1 aromatic rings. The van der Waals surface area contributed by atoms with Gasteiger partial charge < -0.3 is 15.8 Å². The van der Waals surface area contributed by atoms with E-state index in [4.69, 9.17) is 10.9 Å². The van der Waals surface area contributed by atoms with E-state index in [0.717, 1.165) is 30.8 Å². The summed E-state index contributed by atoms with van der Waals surface area (Å²) in [6.07, 6.45) is 3.27. The molecule has 0 saturated carbocycles. The number of nitrogen functional groups attached to an aromatic ring is 1. The molecule has 0 aliphatic carbocycles. The number of aliphatic hydroxyl groups excluding tert-OH is 1. The average Bonchev–Trinajstić information content (AvgIpc) is 2.42. The highest BCUT2D eigenvalue weighted by Crippen LogP contribution is 2.29. The number of nitrogens with one attached hydrogen (secondary N) is 2. The third-order valence-corrected chi connectivity index (χ3v) is 3.34. The summed E-state index contributed by atoms with van der Waals surface area (Å²) in [6, 6.07) is 0. The maximum atomic E-state index is 8.94. The fourth-order valence-electron chi connectivity index (χ4n) is 2.17. The van der Waals surface area contributed by atoms with Crippen LogP contribution in [0.25, 0.3) is 0 Å². The SMILES string of the molecule is CC(C)c1c(NN)ncnc1NCC(C)(C)CCCO. The van der Waals surface area contributed by atoms with E-state index in [1.165, 1.54) is 6.33 Å². The third-order valence-electron chi connectivity index (χ3n) is 3.34. The molecule has 20 heavy (non-hydrogen) atoms. The van der Waals surface area contributed by atoms with Gasteiger partial charge in [0, 0.05) is 18.7 Å². The van der Waals surface area contributed by atoms with Gasteiger partial charge in [0.25, 0.3) is 0 Å². The zero-order valence-electron chi connectivity index (χ0n) is 12.9. The van der Waals surface area contributed by atoms with E-state index < -0.39 is 0 Å². The first kappa shape index (κ1) is 16.7. The van der Waals surface area contributed by atoms with E-state index in [9.17, 15) is 0 Å². The Balaban J connectivity index is 2.82. The Labute approximate surface area is 121 Å². The number of nitrogens with two attached hydrogens (primary N) is 1. The Bertz CT molecular complexity index is 420. The van der Waals surface area contributed by atoms with Crippen LogP contribution in [0.4, 0.5) is 11.6 Å². The molecule has 0 spiro atoms. The van der Waals surface area contributed by atoms with Crippen LogP contribution in [0.1, 0.15) is 52.0 Å². The van der Waals surface area contributed by atoms with E-state index in [2.05, 4.69) is 48.4 Å². The van der Waals surface area contributed by atoms with Crippen molar-refractivity contribution in [1.29, 1.82) is 0 Å². The Morgan fingerprint density at radius 1 is 1.30 bits per heavy atom. The van der Waals surface area contributed by atoms with Crippen LogP contribution in [0, 0.1) is 5.41 Å². The lowest BCUT2D eigenvalue weighted by atomic mass is 9.88. The lowest BCUT2D eigenvalue weighted by Crippen LogP contribution is -2.25. The first-order valence-corrected chi connectivity index (χ1v) is 7.07. The highest BCUT2D eigenvalue weighted by atomic mass is 16.2. The van der Waals surface area contributed by atoms with Crippen LogP contribution in [0.5, 0.6) is 0 Å². The standard InChI is InChI=1S/C14H27N5O/c1-10(2)11-12(17-9-18-13(11)19-15)16-8-14(3,4)6-5-7-20/h9-10,20H,5-8,15H2,1-4H3,(H2,16,17,18,19). The molecule has 0 aromatic carbocycles. The van der Waals surface area contributed by atoms with Gasteiger partial charge in [-0.15, -0.1) is 0 Å². The summed E-state index contributed by atoms with van der Waals surface area (Å²) in [5.41, 5.74) is 3.71. The highest BCUT2D eigenvalue weighted by Gasteiger charge is 2.20. The molecule has 114 valence electrons. The summed E-state index contributed by atoms with van der Waals surface area (Å²) in [4.78, 5) is 8.48. The van der Waals surface area contributed by atoms with Crippen molar-refractivity contribution in [3.63, 3.8) is 0 Å². The van der Waals surface area contributed by atoms with E-state index in [1.54, 1.807) is 0 Å².